The molecule has 1 aliphatic rings. The second kappa shape index (κ2) is 11.8. The first-order valence-corrected chi connectivity index (χ1v) is 14.2. The Labute approximate surface area is 259 Å². The number of aromatic nitrogens is 4. The number of ether oxygens (including phenoxy) is 2. The number of hydrogen-bond donors (Lipinski definition) is 1. The summed E-state index contributed by atoms with van der Waals surface area (Å²) in [5.41, 5.74) is -1.35. The van der Waals surface area contributed by atoms with Crippen LogP contribution in [0.1, 0.15) is 47.2 Å². The van der Waals surface area contributed by atoms with Crippen LogP contribution in [0.3, 0.4) is 0 Å². The van der Waals surface area contributed by atoms with Gasteiger partial charge in [0.25, 0.3) is 0 Å². The van der Waals surface area contributed by atoms with E-state index in [1.54, 1.807) is 24.3 Å². The van der Waals surface area contributed by atoms with Gasteiger partial charge >= 0.3 is 12.0 Å². The van der Waals surface area contributed by atoms with Crippen LogP contribution in [0.5, 0.6) is 6.01 Å². The third kappa shape index (κ3) is 5.83. The number of carboxylic acids is 1. The maximum atomic E-state index is 15.6. The lowest BCUT2D eigenvalue weighted by Crippen LogP contribution is -2.27. The van der Waals surface area contributed by atoms with E-state index >= 15 is 17.6 Å². The lowest BCUT2D eigenvalue weighted by atomic mass is 9.87. The molecule has 0 spiro atoms. The monoisotopic (exact) mass is 640 g/mol. The molecule has 1 N–H and O–H groups in total. The van der Waals surface area contributed by atoms with Crippen molar-refractivity contribution >= 4 is 28.6 Å². The Morgan fingerprint density at radius 2 is 1.82 bits per heavy atom. The average Bonchev–Trinajstić information content (AvgIpc) is 3.55. The SMILES string of the molecule is CC1(C)COCC1n1c(Cc2c(F)cc(-c3ccnc(OCc4ccc(Cl)cc4)n3)c(F)c2F)nc2c(F)cc(C(=O)O)cc21. The molecule has 6 rings (SSSR count). The molecule has 3 aromatic carbocycles. The van der Waals surface area contributed by atoms with Crippen molar-refractivity contribution in [3.05, 3.63) is 106 Å². The Bertz CT molecular complexity index is 1950. The van der Waals surface area contributed by atoms with Gasteiger partial charge in [-0.15, -0.1) is 0 Å². The van der Waals surface area contributed by atoms with Gasteiger partial charge in [-0.05, 0) is 42.0 Å². The Kier molecular flexibility index (Phi) is 7.96. The van der Waals surface area contributed by atoms with Crippen LogP contribution in [-0.2, 0) is 17.8 Å². The van der Waals surface area contributed by atoms with E-state index in [4.69, 9.17) is 21.1 Å². The molecule has 2 aromatic heterocycles. The van der Waals surface area contributed by atoms with Crippen molar-refractivity contribution in [3.63, 3.8) is 0 Å². The number of fused-ring (bicyclic) bond motifs is 1. The number of carboxylic acid groups (broad SMARTS) is 1. The standard InChI is InChI=1S/C32H25ClF4N4O4/c1-32(2)15-44-14-25(32)41-24-10-17(30(42)43)9-22(35)29(24)40-26(41)12-19-21(34)11-20(28(37)27(19)36)23-7-8-38-31(39-23)45-13-16-3-5-18(33)6-4-16/h3-11,25H,12-15H2,1-2H3,(H,42,43). The number of imidazole rings is 1. The van der Waals surface area contributed by atoms with Crippen molar-refractivity contribution < 1.29 is 36.9 Å². The van der Waals surface area contributed by atoms with Crippen molar-refractivity contribution in [2.24, 2.45) is 5.41 Å². The van der Waals surface area contributed by atoms with Crippen molar-refractivity contribution in [2.75, 3.05) is 13.2 Å². The Morgan fingerprint density at radius 3 is 2.51 bits per heavy atom. The molecular weight excluding hydrogens is 616 g/mol. The summed E-state index contributed by atoms with van der Waals surface area (Å²) in [7, 11) is 0. The van der Waals surface area contributed by atoms with Crippen molar-refractivity contribution in [2.45, 2.75) is 32.9 Å². The topological polar surface area (TPSA) is 99.4 Å². The van der Waals surface area contributed by atoms with Gasteiger partial charge in [-0.1, -0.05) is 37.6 Å². The highest BCUT2D eigenvalue weighted by Crippen LogP contribution is 2.41. The van der Waals surface area contributed by atoms with Crippen molar-refractivity contribution in [1.29, 1.82) is 0 Å². The first kappa shape index (κ1) is 30.5. The van der Waals surface area contributed by atoms with E-state index in [9.17, 15) is 9.90 Å². The van der Waals surface area contributed by atoms with Crippen LogP contribution in [0, 0.1) is 28.7 Å². The van der Waals surface area contributed by atoms with E-state index in [0.717, 1.165) is 17.7 Å². The number of hydrogen-bond acceptors (Lipinski definition) is 6. The zero-order valence-corrected chi connectivity index (χ0v) is 24.7. The second-order valence-electron chi connectivity index (χ2n) is 11.4. The largest absolute Gasteiger partial charge is 0.478 e. The molecule has 0 amide bonds. The lowest BCUT2D eigenvalue weighted by molar-refractivity contribution is 0.0696. The van der Waals surface area contributed by atoms with Gasteiger partial charge in [0.2, 0.25) is 0 Å². The van der Waals surface area contributed by atoms with Crippen LogP contribution in [0.2, 0.25) is 5.02 Å². The molecule has 1 aliphatic heterocycles. The summed E-state index contributed by atoms with van der Waals surface area (Å²) in [6.45, 7) is 4.35. The summed E-state index contributed by atoms with van der Waals surface area (Å²) in [6, 6.07) is 10.4. The fourth-order valence-electron chi connectivity index (χ4n) is 5.40. The normalized spacial score (nSPS) is 15.9. The summed E-state index contributed by atoms with van der Waals surface area (Å²) >= 11 is 5.90. The van der Waals surface area contributed by atoms with Crippen LogP contribution in [-0.4, -0.2) is 43.8 Å². The van der Waals surface area contributed by atoms with Crippen LogP contribution < -0.4 is 4.74 Å². The average molecular weight is 641 g/mol. The maximum absolute atomic E-state index is 15.6. The molecule has 1 fully saturated rings. The van der Waals surface area contributed by atoms with Gasteiger partial charge in [0, 0.05) is 34.2 Å². The minimum atomic E-state index is -1.47. The number of halogens is 5. The number of rotatable bonds is 8. The van der Waals surface area contributed by atoms with E-state index in [2.05, 4.69) is 15.0 Å². The minimum Gasteiger partial charge on any atom is -0.478 e. The Morgan fingerprint density at radius 1 is 1.07 bits per heavy atom. The molecule has 13 heteroatoms. The number of nitrogens with zero attached hydrogens (tertiary/aromatic N) is 4. The van der Waals surface area contributed by atoms with E-state index < -0.39 is 58.2 Å². The highest BCUT2D eigenvalue weighted by molar-refractivity contribution is 6.30. The zero-order chi connectivity index (χ0) is 32.0. The Balaban J connectivity index is 1.37. The van der Waals surface area contributed by atoms with Gasteiger partial charge in [-0.25, -0.2) is 32.3 Å². The highest BCUT2D eigenvalue weighted by Gasteiger charge is 2.39. The van der Waals surface area contributed by atoms with Crippen LogP contribution >= 0.6 is 11.6 Å². The van der Waals surface area contributed by atoms with Gasteiger partial charge in [0.1, 0.15) is 23.8 Å². The van der Waals surface area contributed by atoms with Crippen molar-refractivity contribution in [1.82, 2.24) is 19.5 Å². The number of aromatic carboxylic acids is 1. The number of carbonyl (C=O) groups is 1. The Hall–Kier alpha value is -4.55. The summed E-state index contributed by atoms with van der Waals surface area (Å²) in [4.78, 5) is 24.1. The molecule has 1 saturated heterocycles. The molecule has 0 aliphatic carbocycles. The first-order valence-electron chi connectivity index (χ1n) is 13.8. The van der Waals surface area contributed by atoms with Gasteiger partial charge in [-0.3, -0.25) is 0 Å². The van der Waals surface area contributed by atoms with Gasteiger partial charge in [0.15, 0.2) is 17.5 Å². The molecular formula is C32H25ClF4N4O4. The molecule has 45 heavy (non-hydrogen) atoms. The van der Waals surface area contributed by atoms with Crippen LogP contribution in [0.4, 0.5) is 17.6 Å². The smallest absolute Gasteiger partial charge is 0.335 e. The van der Waals surface area contributed by atoms with Gasteiger partial charge < -0.3 is 19.1 Å². The fraction of sp³-hybridized carbons (Fsp3) is 0.250. The lowest BCUT2D eigenvalue weighted by Gasteiger charge is -2.28. The minimum absolute atomic E-state index is 0.0138. The van der Waals surface area contributed by atoms with E-state index in [1.165, 1.54) is 22.9 Å². The molecule has 3 heterocycles. The molecule has 0 bridgehead atoms. The summed E-state index contributed by atoms with van der Waals surface area (Å²) in [5, 5.41) is 10.1. The molecule has 232 valence electrons. The van der Waals surface area contributed by atoms with Gasteiger partial charge in [0.05, 0.1) is 36.0 Å². The molecule has 5 aromatic rings. The first-order chi connectivity index (χ1) is 21.4. The van der Waals surface area contributed by atoms with Crippen LogP contribution in [0.15, 0.2) is 54.7 Å². The fourth-order valence-corrected chi connectivity index (χ4v) is 5.53. The van der Waals surface area contributed by atoms with Crippen molar-refractivity contribution in [3.8, 4) is 17.3 Å². The van der Waals surface area contributed by atoms with E-state index in [-0.39, 0.29) is 47.3 Å². The second-order valence-corrected chi connectivity index (χ2v) is 11.8. The maximum Gasteiger partial charge on any atom is 0.335 e. The van der Waals surface area contributed by atoms with Crippen LogP contribution in [0.25, 0.3) is 22.3 Å². The third-order valence-corrected chi connectivity index (χ3v) is 8.06. The summed E-state index contributed by atoms with van der Waals surface area (Å²) in [6.07, 6.45) is 0.716. The molecule has 8 nitrogen and oxygen atoms in total. The predicted octanol–water partition coefficient (Wildman–Crippen LogP) is 7.17. The molecule has 1 unspecified atom stereocenters. The summed E-state index contributed by atoms with van der Waals surface area (Å²) in [5.74, 6) is -6.18. The van der Waals surface area contributed by atoms with E-state index in [1.807, 2.05) is 13.8 Å². The van der Waals surface area contributed by atoms with E-state index in [0.29, 0.717) is 11.6 Å². The molecule has 0 saturated carbocycles. The number of benzene rings is 3. The third-order valence-electron chi connectivity index (χ3n) is 7.81. The zero-order valence-electron chi connectivity index (χ0n) is 24.0. The quantitative estimate of drug-likeness (QED) is 0.142. The molecule has 0 radical (unpaired) electrons. The highest BCUT2D eigenvalue weighted by atomic mass is 35.5. The van der Waals surface area contributed by atoms with Gasteiger partial charge in [-0.2, -0.15) is 4.98 Å². The summed E-state index contributed by atoms with van der Waals surface area (Å²) < 4.78 is 74.7. The molecule has 1 atom stereocenters. The predicted molar refractivity (Wildman–Crippen MR) is 156 cm³/mol.